The molecule has 2 aromatic carbocycles. The zero-order valence-electron chi connectivity index (χ0n) is 28.2. The molecule has 0 unspecified atom stereocenters. The number of fused-ring (bicyclic) bond motifs is 6. The fraction of sp³-hybridized carbons (Fsp3) is 0.700. The van der Waals surface area contributed by atoms with Crippen LogP contribution in [0.15, 0.2) is 42.5 Å². The Morgan fingerprint density at radius 3 is 2.24 bits per heavy atom. The van der Waals surface area contributed by atoms with E-state index in [-0.39, 0.29) is 21.8 Å². The predicted molar refractivity (Wildman–Crippen MR) is 180 cm³/mol. The lowest BCUT2D eigenvalue weighted by atomic mass is 9.46. The van der Waals surface area contributed by atoms with Gasteiger partial charge in [-0.15, -0.1) is 0 Å². The first-order valence-electron chi connectivity index (χ1n) is 18.9. The van der Waals surface area contributed by atoms with Crippen molar-refractivity contribution in [3.8, 4) is 0 Å². The average Bonchev–Trinajstić information content (AvgIpc) is 3.94. The van der Waals surface area contributed by atoms with E-state index in [0.717, 1.165) is 13.1 Å². The molecule has 6 saturated heterocycles. The summed E-state index contributed by atoms with van der Waals surface area (Å²) in [6, 6.07) is 19.3. The highest BCUT2D eigenvalue weighted by atomic mass is 16.6. The molecule has 6 heteroatoms. The van der Waals surface area contributed by atoms with Gasteiger partial charge in [0.05, 0.1) is 30.0 Å². The number of hydrogen-bond acceptors (Lipinski definition) is 6. The van der Waals surface area contributed by atoms with Crippen molar-refractivity contribution in [3.05, 3.63) is 59.2 Å². The third-order valence-electron chi connectivity index (χ3n) is 17.1. The van der Waals surface area contributed by atoms with E-state index in [9.17, 15) is 0 Å². The highest BCUT2D eigenvalue weighted by molar-refractivity contribution is 5.74. The summed E-state index contributed by atoms with van der Waals surface area (Å²) in [6.45, 7) is 9.65. The van der Waals surface area contributed by atoms with E-state index < -0.39 is 0 Å². The Labute approximate surface area is 274 Å². The minimum absolute atomic E-state index is 0.0507. The number of benzene rings is 2. The normalized spacial score (nSPS) is 51.4. The molecule has 6 nitrogen and oxygen atoms in total. The van der Waals surface area contributed by atoms with E-state index in [1.54, 1.807) is 16.7 Å². The minimum Gasteiger partial charge on any atom is -0.370 e. The summed E-state index contributed by atoms with van der Waals surface area (Å²) in [5.41, 5.74) is 8.66. The van der Waals surface area contributed by atoms with Crippen LogP contribution in [0.2, 0.25) is 0 Å². The highest BCUT2D eigenvalue weighted by Gasteiger charge is 2.79. The van der Waals surface area contributed by atoms with Gasteiger partial charge in [0, 0.05) is 78.3 Å². The second-order valence-electron chi connectivity index (χ2n) is 17.5. The van der Waals surface area contributed by atoms with Crippen LogP contribution in [0.1, 0.15) is 81.9 Å². The van der Waals surface area contributed by atoms with E-state index in [0.29, 0.717) is 48.0 Å². The van der Waals surface area contributed by atoms with Crippen molar-refractivity contribution in [3.63, 3.8) is 0 Å². The molecular weight excluding hydrogens is 568 g/mol. The molecule has 2 aliphatic carbocycles. The van der Waals surface area contributed by atoms with Crippen LogP contribution in [0.3, 0.4) is 0 Å². The van der Waals surface area contributed by atoms with Crippen molar-refractivity contribution < 1.29 is 9.47 Å². The summed E-state index contributed by atoms with van der Waals surface area (Å²) in [5.74, 6) is 0. The molecule has 0 radical (unpaired) electrons. The van der Waals surface area contributed by atoms with Crippen molar-refractivity contribution in [1.29, 1.82) is 0 Å². The van der Waals surface area contributed by atoms with Crippen molar-refractivity contribution in [2.24, 2.45) is 10.8 Å². The van der Waals surface area contributed by atoms with Crippen LogP contribution < -0.4 is 9.80 Å². The quantitative estimate of drug-likeness (QED) is 0.428. The SMILES string of the molecule is CC[C@@]12CC[C@@H]3N(C)c4ccc([C@]56CC[C@]7(CC)[C@@H]8O[C@@H]8CN8CC[C@]5(c5ccccc5N6C)[C@@H]87)cc4[C@@]34CCN(C[C@H]3O[C@H]31)[C@@H]24. The Hall–Kier alpha value is -2.12. The molecule has 12 atom stereocenters. The molecular formula is C40H50N4O2. The predicted octanol–water partition coefficient (Wildman–Crippen LogP) is 5.42. The molecule has 2 aromatic rings. The van der Waals surface area contributed by atoms with Gasteiger partial charge in [-0.2, -0.15) is 0 Å². The van der Waals surface area contributed by atoms with E-state index in [1.165, 1.54) is 75.8 Å². The van der Waals surface area contributed by atoms with Crippen LogP contribution in [0.25, 0.3) is 0 Å². The number of piperidine rings is 2. The fourth-order valence-corrected chi connectivity index (χ4v) is 15.6. The second kappa shape index (κ2) is 8.01. The topological polar surface area (TPSA) is 38.0 Å². The smallest absolute Gasteiger partial charge is 0.0974 e. The van der Waals surface area contributed by atoms with Gasteiger partial charge >= 0.3 is 0 Å². The van der Waals surface area contributed by atoms with E-state index in [2.05, 4.69) is 90.0 Å². The molecule has 2 spiro atoms. The minimum atomic E-state index is -0.0507. The van der Waals surface area contributed by atoms with Gasteiger partial charge in [-0.25, -0.2) is 0 Å². The molecule has 0 bridgehead atoms. The molecule has 0 N–H and O–H groups in total. The van der Waals surface area contributed by atoms with Gasteiger partial charge in [-0.3, -0.25) is 9.80 Å². The molecule has 242 valence electrons. The molecule has 0 aromatic heterocycles. The van der Waals surface area contributed by atoms with Crippen molar-refractivity contribution >= 4 is 11.4 Å². The summed E-state index contributed by atoms with van der Waals surface area (Å²) >= 11 is 0. The van der Waals surface area contributed by atoms with Gasteiger partial charge in [0.1, 0.15) is 0 Å². The van der Waals surface area contributed by atoms with Crippen LogP contribution in [0, 0.1) is 10.8 Å². The maximum absolute atomic E-state index is 6.56. The van der Waals surface area contributed by atoms with E-state index in [4.69, 9.17) is 9.47 Å². The second-order valence-corrected chi connectivity index (χ2v) is 17.5. The maximum atomic E-state index is 6.56. The standard InChI is InChI=1S/C40H50N4O2/c1-5-36-14-13-31-38(17-19-43(34(36)38)22-29-32(36)45-29)26-21-24(11-12-27(26)41(31)3)40-16-15-37(6-2)33-30(46-33)23-44-20-18-39(40,35(37)44)25-9-7-8-10-28(25)42(40)4/h7-12,21,29-35H,5-6,13-20,22-23H2,1-4H3/t29-,30-,31+,32-,33-,34+,35+,36-,37-,38+,39+,40-/m1/s1. The molecule has 46 heavy (non-hydrogen) atoms. The van der Waals surface area contributed by atoms with Crippen molar-refractivity contribution in [2.75, 3.05) is 50.1 Å². The number of ether oxygens (including phenoxy) is 2. The lowest BCUT2D eigenvalue weighted by Crippen LogP contribution is -2.70. The Balaban J connectivity index is 1.09. The lowest BCUT2D eigenvalue weighted by Gasteiger charge is -2.63. The number of nitrogens with zero attached hydrogens (tertiary/aromatic N) is 4. The van der Waals surface area contributed by atoms with Crippen LogP contribution >= 0.6 is 0 Å². The van der Waals surface area contributed by atoms with Gasteiger partial charge in [0.25, 0.3) is 0 Å². The summed E-state index contributed by atoms with van der Waals surface area (Å²) in [4.78, 5) is 11.4. The van der Waals surface area contributed by atoms with Gasteiger partial charge < -0.3 is 19.3 Å². The number of rotatable bonds is 3. The number of epoxide rings is 2. The van der Waals surface area contributed by atoms with Crippen LogP contribution in [0.5, 0.6) is 0 Å². The third-order valence-corrected chi connectivity index (χ3v) is 17.1. The van der Waals surface area contributed by atoms with Gasteiger partial charge in [-0.05, 0) is 93.3 Å². The Bertz CT molecular complexity index is 1710. The Kier molecular flexibility index (Phi) is 4.67. The molecule has 8 fully saturated rings. The monoisotopic (exact) mass is 618 g/mol. The molecule has 8 aliphatic heterocycles. The number of hydrogen-bond donors (Lipinski definition) is 0. The number of likely N-dealkylation sites (N-methyl/N-ethyl adjacent to an activating group) is 2. The molecule has 2 saturated carbocycles. The van der Waals surface area contributed by atoms with E-state index >= 15 is 0 Å². The van der Waals surface area contributed by atoms with Crippen LogP contribution in [-0.2, 0) is 25.8 Å². The number of anilines is 2. The van der Waals surface area contributed by atoms with Gasteiger partial charge in [-0.1, -0.05) is 44.2 Å². The van der Waals surface area contributed by atoms with E-state index in [1.807, 2.05) is 0 Å². The summed E-state index contributed by atoms with van der Waals surface area (Å²) in [5, 5.41) is 0. The van der Waals surface area contributed by atoms with Crippen molar-refractivity contribution in [1.82, 2.24) is 9.80 Å². The van der Waals surface area contributed by atoms with Gasteiger partial charge in [0.2, 0.25) is 0 Å². The number of para-hydroxylation sites is 1. The highest BCUT2D eigenvalue weighted by Crippen LogP contribution is 2.75. The zero-order valence-corrected chi connectivity index (χ0v) is 28.2. The molecule has 12 rings (SSSR count). The molecule has 10 aliphatic rings. The summed E-state index contributed by atoms with van der Waals surface area (Å²) < 4.78 is 13.1. The first-order valence-corrected chi connectivity index (χ1v) is 18.9. The maximum Gasteiger partial charge on any atom is 0.0974 e. The third kappa shape index (κ3) is 2.48. The average molecular weight is 619 g/mol. The summed E-state index contributed by atoms with van der Waals surface area (Å²) in [6.07, 6.45) is 12.0. The molecule has 0 amide bonds. The summed E-state index contributed by atoms with van der Waals surface area (Å²) in [7, 11) is 4.88. The van der Waals surface area contributed by atoms with Crippen LogP contribution in [0.4, 0.5) is 11.4 Å². The van der Waals surface area contributed by atoms with Crippen LogP contribution in [-0.4, -0.2) is 92.6 Å². The first-order chi connectivity index (χ1) is 22.4. The fourth-order valence-electron chi connectivity index (χ4n) is 15.6. The Morgan fingerprint density at radius 1 is 0.739 bits per heavy atom. The first kappa shape index (κ1) is 26.8. The molecule has 8 heterocycles. The van der Waals surface area contributed by atoms with Gasteiger partial charge in [0.15, 0.2) is 0 Å². The van der Waals surface area contributed by atoms with Crippen molar-refractivity contribution in [2.45, 2.75) is 124 Å². The largest absolute Gasteiger partial charge is 0.370 e. The Morgan fingerprint density at radius 2 is 1.46 bits per heavy atom. The lowest BCUT2D eigenvalue weighted by molar-refractivity contribution is -0.0534. The zero-order chi connectivity index (χ0) is 30.6.